The number of hydrogen-bond donors (Lipinski definition) is 3. The zero-order valence-electron chi connectivity index (χ0n) is 25.0. The highest BCUT2D eigenvalue weighted by Crippen LogP contribution is 2.40. The normalized spacial score (nSPS) is 13.2. The number of benzene rings is 2. The van der Waals surface area contributed by atoms with Crippen molar-refractivity contribution in [2.45, 2.75) is 6.42 Å². The smallest absolute Gasteiger partial charge is 0.300 e. The van der Waals surface area contributed by atoms with Gasteiger partial charge >= 0.3 is 0 Å². The molecule has 0 atom stereocenters. The molecule has 43 heavy (non-hydrogen) atoms. The molecule has 0 radical (unpaired) electrons. The van der Waals surface area contributed by atoms with Crippen LogP contribution >= 0.6 is 18.7 Å². The first-order chi connectivity index (χ1) is 20.5. The molecule has 1 saturated heterocycles. The summed E-state index contributed by atoms with van der Waals surface area (Å²) in [5.41, 5.74) is 2.51. The molecule has 1 amide bonds. The minimum atomic E-state index is -2.57. The van der Waals surface area contributed by atoms with Crippen LogP contribution in [0.3, 0.4) is 0 Å². The first kappa shape index (κ1) is 32.1. The summed E-state index contributed by atoms with van der Waals surface area (Å²) >= 11 is 6.45. The Morgan fingerprint density at radius 2 is 1.88 bits per heavy atom. The van der Waals surface area contributed by atoms with E-state index in [9.17, 15) is 9.36 Å². The summed E-state index contributed by atoms with van der Waals surface area (Å²) in [6.45, 7) is 6.64. The lowest BCUT2D eigenvalue weighted by atomic mass is 10.1. The van der Waals surface area contributed by atoms with Crippen molar-refractivity contribution in [2.75, 3.05) is 88.2 Å². The van der Waals surface area contributed by atoms with E-state index in [-0.39, 0.29) is 11.0 Å². The van der Waals surface area contributed by atoms with Crippen LogP contribution in [-0.2, 0) is 14.1 Å². The third-order valence-electron chi connectivity index (χ3n) is 6.53. The van der Waals surface area contributed by atoms with Gasteiger partial charge in [0.25, 0.3) is 5.91 Å². The number of para-hydroxylation sites is 1. The molecule has 3 N–H and O–H groups in total. The second kappa shape index (κ2) is 14.6. The maximum atomic E-state index is 12.9. The summed E-state index contributed by atoms with van der Waals surface area (Å²) in [6.07, 6.45) is 2.05. The number of halogens is 1. The van der Waals surface area contributed by atoms with Gasteiger partial charge in [-0.2, -0.15) is 4.98 Å². The summed E-state index contributed by atoms with van der Waals surface area (Å²) in [5, 5.41) is 10.3. The van der Waals surface area contributed by atoms with Crippen molar-refractivity contribution in [1.82, 2.24) is 14.9 Å². The quantitative estimate of drug-likeness (QED) is 0.218. The summed E-state index contributed by atoms with van der Waals surface area (Å²) in [5.74, 6) is 6.28. The molecule has 13 heteroatoms. The standard InChI is InChI=1S/C30H37ClN7O4P/c1-37(2)13-9-8-12-28(39)33-23-18-24(26(41-3)19-25(23)38-14-16-42-17-15-38)35-30-32-20-21(31)29(36-30)34-22-10-6-7-11-27(22)43(4,5)40/h6-7,10-11,18-20H,9,13-17H2,1-5H3,(H,33,39)(H2,32,34,35,36). The first-order valence-corrected chi connectivity index (χ1v) is 16.7. The Morgan fingerprint density at radius 1 is 1.14 bits per heavy atom. The van der Waals surface area contributed by atoms with Crippen LogP contribution in [0.25, 0.3) is 0 Å². The van der Waals surface area contributed by atoms with Gasteiger partial charge in [-0.05, 0) is 51.5 Å². The number of morpholine rings is 1. The molecule has 11 nitrogen and oxygen atoms in total. The molecule has 1 aliphatic rings. The lowest BCUT2D eigenvalue weighted by Crippen LogP contribution is -2.36. The fourth-order valence-corrected chi connectivity index (χ4v) is 5.68. The molecule has 1 aliphatic heterocycles. The molecule has 228 valence electrons. The number of nitrogens with zero attached hydrogens (tertiary/aromatic N) is 4. The van der Waals surface area contributed by atoms with Crippen LogP contribution in [0.15, 0.2) is 42.6 Å². The van der Waals surface area contributed by atoms with Gasteiger partial charge < -0.3 is 39.8 Å². The molecule has 1 fully saturated rings. The number of amides is 1. The minimum absolute atomic E-state index is 0.235. The number of nitrogens with one attached hydrogen (secondary N) is 3. The van der Waals surface area contributed by atoms with E-state index in [0.717, 1.165) is 12.2 Å². The zero-order valence-corrected chi connectivity index (χ0v) is 26.7. The maximum Gasteiger partial charge on any atom is 0.300 e. The van der Waals surface area contributed by atoms with E-state index in [1.54, 1.807) is 26.5 Å². The van der Waals surface area contributed by atoms with E-state index in [1.807, 2.05) is 49.3 Å². The van der Waals surface area contributed by atoms with Gasteiger partial charge in [-0.15, -0.1) is 0 Å². The molecule has 1 aromatic heterocycles. The number of aromatic nitrogens is 2. The second-order valence-corrected chi connectivity index (χ2v) is 14.1. The van der Waals surface area contributed by atoms with Gasteiger partial charge in [0.2, 0.25) is 5.95 Å². The van der Waals surface area contributed by atoms with Crippen molar-refractivity contribution < 1.29 is 18.8 Å². The highest BCUT2D eigenvalue weighted by molar-refractivity contribution is 7.70. The van der Waals surface area contributed by atoms with E-state index < -0.39 is 13.0 Å². The van der Waals surface area contributed by atoms with E-state index >= 15 is 0 Å². The van der Waals surface area contributed by atoms with Crippen LogP contribution in [0.2, 0.25) is 5.02 Å². The van der Waals surface area contributed by atoms with Crippen molar-refractivity contribution >= 4 is 64.5 Å². The number of carbonyl (C=O) groups is 1. The Bertz CT molecular complexity index is 1560. The van der Waals surface area contributed by atoms with Gasteiger partial charge in [0.05, 0.1) is 49.3 Å². The molecule has 4 rings (SSSR count). The number of ether oxygens (including phenoxy) is 2. The average molecular weight is 626 g/mol. The van der Waals surface area contributed by atoms with E-state index in [4.69, 9.17) is 21.1 Å². The Morgan fingerprint density at radius 3 is 2.58 bits per heavy atom. The van der Waals surface area contributed by atoms with Crippen LogP contribution in [-0.4, -0.2) is 88.2 Å². The van der Waals surface area contributed by atoms with Gasteiger partial charge in [-0.1, -0.05) is 29.7 Å². The monoisotopic (exact) mass is 625 g/mol. The van der Waals surface area contributed by atoms with Crippen molar-refractivity contribution in [1.29, 1.82) is 0 Å². The van der Waals surface area contributed by atoms with Crippen LogP contribution in [0.1, 0.15) is 6.42 Å². The third kappa shape index (κ3) is 8.85. The molecule has 0 saturated carbocycles. The third-order valence-corrected chi connectivity index (χ3v) is 8.36. The predicted molar refractivity (Wildman–Crippen MR) is 175 cm³/mol. The Kier molecular flexibility index (Phi) is 10.9. The van der Waals surface area contributed by atoms with Gasteiger partial charge in [0.15, 0.2) is 5.82 Å². The summed E-state index contributed by atoms with van der Waals surface area (Å²) < 4.78 is 24.1. The molecule has 0 spiro atoms. The van der Waals surface area contributed by atoms with Gasteiger partial charge in [0, 0.05) is 37.4 Å². The fourth-order valence-electron chi connectivity index (χ4n) is 4.39. The van der Waals surface area contributed by atoms with Crippen molar-refractivity contribution in [3.63, 3.8) is 0 Å². The van der Waals surface area contributed by atoms with Gasteiger partial charge in [-0.25, -0.2) is 4.98 Å². The number of methoxy groups -OCH3 is 1. The first-order valence-electron chi connectivity index (χ1n) is 13.8. The molecular formula is C30H37ClN7O4P. The largest absolute Gasteiger partial charge is 0.494 e. The van der Waals surface area contributed by atoms with Crippen LogP contribution < -0.4 is 30.9 Å². The van der Waals surface area contributed by atoms with Gasteiger partial charge in [-0.3, -0.25) is 4.79 Å². The predicted octanol–water partition coefficient (Wildman–Crippen LogP) is 4.60. The summed E-state index contributed by atoms with van der Waals surface area (Å²) in [6, 6.07) is 11.0. The van der Waals surface area contributed by atoms with Crippen molar-refractivity contribution in [3.05, 3.63) is 47.6 Å². The lowest BCUT2D eigenvalue weighted by Gasteiger charge is -2.31. The Hall–Kier alpha value is -3.81. The molecule has 2 aromatic carbocycles. The molecule has 0 bridgehead atoms. The van der Waals surface area contributed by atoms with Crippen molar-refractivity contribution in [2.24, 2.45) is 0 Å². The van der Waals surface area contributed by atoms with Crippen LogP contribution in [0.5, 0.6) is 5.75 Å². The molecule has 0 unspecified atom stereocenters. The fraction of sp³-hybridized carbons (Fsp3) is 0.367. The highest BCUT2D eigenvalue weighted by atomic mass is 35.5. The Balaban J connectivity index is 1.65. The van der Waals surface area contributed by atoms with E-state index in [2.05, 4.69) is 42.7 Å². The van der Waals surface area contributed by atoms with Crippen LogP contribution in [0.4, 0.5) is 34.5 Å². The SMILES string of the molecule is COc1cc(N2CCOCC2)c(NC(=O)C#CCCN(C)C)cc1Nc1ncc(Cl)c(Nc2ccccc2P(C)(C)=O)n1. The topological polar surface area (TPSA) is 121 Å². The number of anilines is 6. The van der Waals surface area contributed by atoms with E-state index in [1.165, 1.54) is 6.20 Å². The number of rotatable bonds is 10. The summed E-state index contributed by atoms with van der Waals surface area (Å²) in [4.78, 5) is 25.9. The van der Waals surface area contributed by atoms with Crippen molar-refractivity contribution in [3.8, 4) is 17.6 Å². The summed E-state index contributed by atoms with van der Waals surface area (Å²) in [7, 11) is 2.91. The second-order valence-electron chi connectivity index (χ2n) is 10.5. The zero-order chi connectivity index (χ0) is 31.0. The Labute approximate surface area is 257 Å². The van der Waals surface area contributed by atoms with Crippen LogP contribution in [0, 0.1) is 11.8 Å². The molecule has 3 aromatic rings. The molecule has 2 heterocycles. The number of hydrogen-bond acceptors (Lipinski definition) is 10. The lowest BCUT2D eigenvalue weighted by molar-refractivity contribution is -0.111. The number of carbonyl (C=O) groups excluding carboxylic acids is 1. The average Bonchev–Trinajstić information content (AvgIpc) is 2.97. The van der Waals surface area contributed by atoms with Gasteiger partial charge in [0.1, 0.15) is 17.9 Å². The molecular weight excluding hydrogens is 589 g/mol. The molecule has 0 aliphatic carbocycles. The van der Waals surface area contributed by atoms with E-state index in [0.29, 0.717) is 66.7 Å². The minimum Gasteiger partial charge on any atom is -0.494 e. The maximum absolute atomic E-state index is 12.9. The highest BCUT2D eigenvalue weighted by Gasteiger charge is 2.21.